The molecule has 11 heavy (non-hydrogen) atoms. The standard InChI is InChI=1S/C7H10N4/c1-4-3-11-7(9-4)6(8)5(2)10-11/h3,9H,8H2,1-2H3. The Morgan fingerprint density at radius 2 is 2.27 bits per heavy atom. The van der Waals surface area contributed by atoms with Gasteiger partial charge in [0.2, 0.25) is 0 Å². The Kier molecular flexibility index (Phi) is 1.01. The van der Waals surface area contributed by atoms with E-state index in [-0.39, 0.29) is 0 Å². The number of anilines is 1. The van der Waals surface area contributed by atoms with Crippen molar-refractivity contribution in [2.24, 2.45) is 0 Å². The van der Waals surface area contributed by atoms with Gasteiger partial charge in [0.15, 0.2) is 5.65 Å². The lowest BCUT2D eigenvalue weighted by molar-refractivity contribution is 0.942. The van der Waals surface area contributed by atoms with Crippen molar-refractivity contribution < 1.29 is 0 Å². The van der Waals surface area contributed by atoms with Gasteiger partial charge in [-0.25, -0.2) is 4.52 Å². The molecule has 0 saturated heterocycles. The summed E-state index contributed by atoms with van der Waals surface area (Å²) in [6.07, 6.45) is 1.92. The van der Waals surface area contributed by atoms with Crippen molar-refractivity contribution in [3.8, 4) is 0 Å². The smallest absolute Gasteiger partial charge is 0.156 e. The first kappa shape index (κ1) is 6.27. The van der Waals surface area contributed by atoms with Gasteiger partial charge in [-0.15, -0.1) is 0 Å². The average Bonchev–Trinajstić information content (AvgIpc) is 2.37. The zero-order chi connectivity index (χ0) is 8.01. The van der Waals surface area contributed by atoms with Gasteiger partial charge in [-0.2, -0.15) is 5.10 Å². The molecule has 0 aliphatic heterocycles. The molecule has 0 radical (unpaired) electrons. The van der Waals surface area contributed by atoms with Crippen LogP contribution in [0.3, 0.4) is 0 Å². The number of nitrogens with one attached hydrogen (secondary N) is 1. The molecule has 2 aromatic heterocycles. The molecule has 4 heteroatoms. The molecule has 0 aliphatic carbocycles. The number of aryl methyl sites for hydroxylation is 2. The van der Waals surface area contributed by atoms with Crippen LogP contribution in [0, 0.1) is 13.8 Å². The molecule has 0 bridgehead atoms. The summed E-state index contributed by atoms with van der Waals surface area (Å²) in [6.45, 7) is 3.87. The fraction of sp³-hybridized carbons (Fsp3) is 0.286. The van der Waals surface area contributed by atoms with Crippen LogP contribution in [-0.2, 0) is 0 Å². The van der Waals surface area contributed by atoms with Crippen LogP contribution >= 0.6 is 0 Å². The topological polar surface area (TPSA) is 59.1 Å². The highest BCUT2D eigenvalue weighted by molar-refractivity contribution is 5.67. The Labute approximate surface area is 64.0 Å². The third-order valence-electron chi connectivity index (χ3n) is 1.76. The van der Waals surface area contributed by atoms with E-state index in [4.69, 9.17) is 5.73 Å². The molecule has 0 saturated carbocycles. The van der Waals surface area contributed by atoms with Crippen molar-refractivity contribution in [2.45, 2.75) is 13.8 Å². The van der Waals surface area contributed by atoms with Gasteiger partial charge in [-0.1, -0.05) is 0 Å². The van der Waals surface area contributed by atoms with E-state index in [0.717, 1.165) is 22.7 Å². The summed E-state index contributed by atoms with van der Waals surface area (Å²) >= 11 is 0. The first-order chi connectivity index (χ1) is 5.18. The molecule has 0 unspecified atom stereocenters. The second-order valence-corrected chi connectivity index (χ2v) is 2.73. The summed E-state index contributed by atoms with van der Waals surface area (Å²) in [5, 5.41) is 4.19. The van der Waals surface area contributed by atoms with Gasteiger partial charge in [0.25, 0.3) is 0 Å². The predicted octanol–water partition coefficient (Wildman–Crippen LogP) is 0.861. The number of imidazole rings is 1. The Morgan fingerprint density at radius 3 is 2.91 bits per heavy atom. The number of nitrogen functional groups attached to an aromatic ring is 1. The van der Waals surface area contributed by atoms with Crippen molar-refractivity contribution >= 4 is 11.3 Å². The first-order valence-electron chi connectivity index (χ1n) is 3.48. The van der Waals surface area contributed by atoms with Gasteiger partial charge in [0.1, 0.15) is 0 Å². The molecule has 58 valence electrons. The predicted molar refractivity (Wildman–Crippen MR) is 43.4 cm³/mol. The van der Waals surface area contributed by atoms with E-state index >= 15 is 0 Å². The summed E-state index contributed by atoms with van der Waals surface area (Å²) < 4.78 is 1.76. The van der Waals surface area contributed by atoms with Crippen LogP contribution in [-0.4, -0.2) is 14.6 Å². The van der Waals surface area contributed by atoms with Crippen LogP contribution < -0.4 is 5.73 Å². The SMILES string of the molecule is Cc1cn2nc(C)c(N)c2[nH]1. The molecule has 2 aromatic rings. The number of hydrogen-bond donors (Lipinski definition) is 2. The quantitative estimate of drug-likeness (QED) is 0.585. The van der Waals surface area contributed by atoms with Crippen LogP contribution in [0.2, 0.25) is 0 Å². The highest BCUT2D eigenvalue weighted by Crippen LogP contribution is 2.15. The number of H-pyrrole nitrogens is 1. The number of aromatic nitrogens is 3. The normalized spacial score (nSPS) is 11.1. The molecule has 0 aromatic carbocycles. The monoisotopic (exact) mass is 150 g/mol. The maximum Gasteiger partial charge on any atom is 0.156 e. The largest absolute Gasteiger partial charge is 0.394 e. The van der Waals surface area contributed by atoms with Crippen molar-refractivity contribution in [1.29, 1.82) is 0 Å². The van der Waals surface area contributed by atoms with Gasteiger partial charge < -0.3 is 10.7 Å². The van der Waals surface area contributed by atoms with E-state index in [0.29, 0.717) is 0 Å². The number of rotatable bonds is 0. The number of nitrogens with zero attached hydrogens (tertiary/aromatic N) is 2. The molecule has 3 N–H and O–H groups in total. The molecular formula is C7H10N4. The van der Waals surface area contributed by atoms with Gasteiger partial charge in [-0.3, -0.25) is 0 Å². The number of fused-ring (bicyclic) bond motifs is 1. The minimum absolute atomic E-state index is 0.734. The Hall–Kier alpha value is -1.45. The number of nitrogens with two attached hydrogens (primary N) is 1. The van der Waals surface area contributed by atoms with E-state index in [1.165, 1.54) is 0 Å². The Balaban J connectivity index is 2.88. The molecule has 0 fully saturated rings. The van der Waals surface area contributed by atoms with E-state index in [9.17, 15) is 0 Å². The second-order valence-electron chi connectivity index (χ2n) is 2.73. The maximum absolute atomic E-state index is 5.74. The minimum atomic E-state index is 0.734. The fourth-order valence-electron chi connectivity index (χ4n) is 1.18. The lowest BCUT2D eigenvalue weighted by Gasteiger charge is -1.84. The van der Waals surface area contributed by atoms with Crippen molar-refractivity contribution in [3.63, 3.8) is 0 Å². The zero-order valence-corrected chi connectivity index (χ0v) is 6.55. The summed E-state index contributed by atoms with van der Waals surface area (Å²) in [6, 6.07) is 0. The van der Waals surface area contributed by atoms with Gasteiger partial charge in [0, 0.05) is 11.9 Å². The van der Waals surface area contributed by atoms with Crippen LogP contribution in [0.1, 0.15) is 11.4 Å². The van der Waals surface area contributed by atoms with Crippen LogP contribution in [0.4, 0.5) is 5.69 Å². The van der Waals surface area contributed by atoms with Crippen LogP contribution in [0.25, 0.3) is 5.65 Å². The van der Waals surface area contributed by atoms with E-state index in [1.54, 1.807) is 4.52 Å². The summed E-state index contributed by atoms with van der Waals surface area (Å²) in [4.78, 5) is 3.12. The fourth-order valence-corrected chi connectivity index (χ4v) is 1.18. The highest BCUT2D eigenvalue weighted by Gasteiger charge is 2.06. The summed E-state index contributed by atoms with van der Waals surface area (Å²) in [7, 11) is 0. The summed E-state index contributed by atoms with van der Waals surface area (Å²) in [5.74, 6) is 0. The molecule has 2 heterocycles. The third kappa shape index (κ3) is 0.721. The molecule has 0 aliphatic rings. The number of hydrogen-bond acceptors (Lipinski definition) is 2. The van der Waals surface area contributed by atoms with Gasteiger partial charge in [-0.05, 0) is 13.8 Å². The van der Waals surface area contributed by atoms with Crippen LogP contribution in [0.5, 0.6) is 0 Å². The van der Waals surface area contributed by atoms with Gasteiger partial charge >= 0.3 is 0 Å². The molecule has 0 atom stereocenters. The summed E-state index contributed by atoms with van der Waals surface area (Å²) in [5.41, 5.74) is 9.30. The highest BCUT2D eigenvalue weighted by atomic mass is 15.3. The molecule has 0 amide bonds. The minimum Gasteiger partial charge on any atom is -0.394 e. The third-order valence-corrected chi connectivity index (χ3v) is 1.76. The van der Waals surface area contributed by atoms with Crippen molar-refractivity contribution in [3.05, 3.63) is 17.6 Å². The molecule has 4 nitrogen and oxygen atoms in total. The van der Waals surface area contributed by atoms with E-state index in [1.807, 2.05) is 20.0 Å². The lowest BCUT2D eigenvalue weighted by atomic mass is 10.4. The van der Waals surface area contributed by atoms with E-state index < -0.39 is 0 Å². The first-order valence-corrected chi connectivity index (χ1v) is 3.48. The van der Waals surface area contributed by atoms with Gasteiger partial charge in [0.05, 0.1) is 11.4 Å². The molecular weight excluding hydrogens is 140 g/mol. The number of aromatic amines is 1. The maximum atomic E-state index is 5.74. The average molecular weight is 150 g/mol. The van der Waals surface area contributed by atoms with Crippen LogP contribution in [0.15, 0.2) is 6.20 Å². The van der Waals surface area contributed by atoms with E-state index in [2.05, 4.69) is 10.1 Å². The lowest BCUT2D eigenvalue weighted by Crippen LogP contribution is -1.85. The Morgan fingerprint density at radius 1 is 1.55 bits per heavy atom. The Bertz CT molecular complexity index is 396. The van der Waals surface area contributed by atoms with Crippen molar-refractivity contribution in [1.82, 2.24) is 14.6 Å². The second kappa shape index (κ2) is 1.78. The molecule has 0 spiro atoms. The zero-order valence-electron chi connectivity index (χ0n) is 6.55. The van der Waals surface area contributed by atoms with Crippen molar-refractivity contribution in [2.75, 3.05) is 5.73 Å². The molecule has 2 rings (SSSR count).